The van der Waals surface area contributed by atoms with Gasteiger partial charge in [0.2, 0.25) is 5.95 Å². The first kappa shape index (κ1) is 16.8. The van der Waals surface area contributed by atoms with E-state index in [-0.39, 0.29) is 6.54 Å². The molecular formula is C17H22N6O3. The van der Waals surface area contributed by atoms with Crippen molar-refractivity contribution in [2.75, 3.05) is 30.3 Å². The Hall–Kier alpha value is -2.68. The van der Waals surface area contributed by atoms with Crippen molar-refractivity contribution in [2.45, 2.75) is 38.3 Å². The molecule has 2 aliphatic rings. The van der Waals surface area contributed by atoms with Crippen LogP contribution in [0.1, 0.15) is 29.8 Å². The quantitative estimate of drug-likeness (QED) is 0.670. The number of anilines is 2. The highest BCUT2D eigenvalue weighted by Crippen LogP contribution is 2.27. The van der Waals surface area contributed by atoms with E-state index in [1.54, 1.807) is 6.26 Å². The first-order chi connectivity index (χ1) is 12.7. The van der Waals surface area contributed by atoms with Crippen LogP contribution in [0.4, 0.5) is 11.8 Å². The van der Waals surface area contributed by atoms with E-state index in [1.165, 1.54) is 0 Å². The van der Waals surface area contributed by atoms with E-state index in [9.17, 15) is 4.79 Å². The van der Waals surface area contributed by atoms with Gasteiger partial charge in [-0.2, -0.15) is 4.98 Å². The van der Waals surface area contributed by atoms with Gasteiger partial charge in [0.15, 0.2) is 0 Å². The fourth-order valence-electron chi connectivity index (χ4n) is 3.12. The molecule has 0 aromatic carbocycles. The first-order valence-electron chi connectivity index (χ1n) is 8.91. The topological polar surface area (TPSA) is 116 Å². The molecule has 138 valence electrons. The summed E-state index contributed by atoms with van der Waals surface area (Å²) in [6.45, 7) is 1.93. The third kappa shape index (κ3) is 4.10. The minimum absolute atomic E-state index is 0.0519. The molecule has 0 atom stereocenters. The number of hydrogen-bond acceptors (Lipinski definition) is 8. The summed E-state index contributed by atoms with van der Waals surface area (Å²) in [5.41, 5.74) is 2.84. The number of rotatable bonds is 7. The first-order valence-corrected chi connectivity index (χ1v) is 8.91. The van der Waals surface area contributed by atoms with Crippen molar-refractivity contribution in [3.8, 4) is 0 Å². The number of carboxylic acids is 1. The Balaban J connectivity index is 1.56. The minimum atomic E-state index is -0.803. The maximum Gasteiger partial charge on any atom is 0.317 e. The molecule has 0 spiro atoms. The molecule has 9 heteroatoms. The highest BCUT2D eigenvalue weighted by Gasteiger charge is 2.25. The van der Waals surface area contributed by atoms with Gasteiger partial charge in [-0.3, -0.25) is 9.69 Å². The normalized spacial score (nSPS) is 17.4. The lowest BCUT2D eigenvalue weighted by molar-refractivity contribution is -0.138. The van der Waals surface area contributed by atoms with Crippen LogP contribution in [0.15, 0.2) is 16.9 Å². The van der Waals surface area contributed by atoms with Gasteiger partial charge in [0.05, 0.1) is 18.8 Å². The molecule has 0 amide bonds. The lowest BCUT2D eigenvalue weighted by Crippen LogP contribution is -2.31. The Bertz CT molecular complexity index is 775. The summed E-state index contributed by atoms with van der Waals surface area (Å²) in [4.78, 5) is 22.3. The predicted octanol–water partition coefficient (Wildman–Crippen LogP) is 1.14. The van der Waals surface area contributed by atoms with Crippen molar-refractivity contribution in [1.29, 1.82) is 0 Å². The van der Waals surface area contributed by atoms with Crippen molar-refractivity contribution < 1.29 is 14.4 Å². The van der Waals surface area contributed by atoms with Crippen LogP contribution in [-0.2, 0) is 24.2 Å². The van der Waals surface area contributed by atoms with Crippen molar-refractivity contribution in [3.63, 3.8) is 0 Å². The second-order valence-corrected chi connectivity index (χ2v) is 6.75. The highest BCUT2D eigenvalue weighted by molar-refractivity contribution is 5.69. The second-order valence-electron chi connectivity index (χ2n) is 6.75. The maximum absolute atomic E-state index is 11.0. The zero-order chi connectivity index (χ0) is 17.9. The number of carbonyl (C=O) groups is 1. The molecule has 1 aliphatic heterocycles. The predicted molar refractivity (Wildman–Crippen MR) is 94.0 cm³/mol. The zero-order valence-corrected chi connectivity index (χ0v) is 14.4. The Morgan fingerprint density at radius 1 is 1.31 bits per heavy atom. The van der Waals surface area contributed by atoms with E-state index in [4.69, 9.17) is 14.6 Å². The highest BCUT2D eigenvalue weighted by atomic mass is 16.5. The van der Waals surface area contributed by atoms with Gasteiger partial charge in [0.1, 0.15) is 17.8 Å². The SMILES string of the molecule is O=C(O)CN1CCc2nc(NC3CC3)nc(NCc3ccon3)c2CC1. The van der Waals surface area contributed by atoms with Crippen LogP contribution in [0.3, 0.4) is 0 Å². The molecule has 0 unspecified atom stereocenters. The van der Waals surface area contributed by atoms with Crippen LogP contribution >= 0.6 is 0 Å². The number of aromatic nitrogens is 3. The Morgan fingerprint density at radius 3 is 2.88 bits per heavy atom. The number of aliphatic carboxylic acids is 1. The van der Waals surface area contributed by atoms with Crippen molar-refractivity contribution in [2.24, 2.45) is 0 Å². The summed E-state index contributed by atoms with van der Waals surface area (Å²) in [6.07, 6.45) is 5.26. The molecule has 0 bridgehead atoms. The zero-order valence-electron chi connectivity index (χ0n) is 14.4. The van der Waals surface area contributed by atoms with Gasteiger partial charge in [0.25, 0.3) is 0 Å². The average molecular weight is 358 g/mol. The largest absolute Gasteiger partial charge is 0.480 e. The molecule has 1 saturated carbocycles. The lowest BCUT2D eigenvalue weighted by atomic mass is 10.1. The number of nitrogens with one attached hydrogen (secondary N) is 2. The van der Waals surface area contributed by atoms with Crippen molar-refractivity contribution in [3.05, 3.63) is 29.3 Å². The third-order valence-corrected chi connectivity index (χ3v) is 4.63. The van der Waals surface area contributed by atoms with Crippen LogP contribution in [0.2, 0.25) is 0 Å². The Kier molecular flexibility index (Phi) is 4.70. The van der Waals surface area contributed by atoms with E-state index in [0.717, 1.165) is 35.6 Å². The molecule has 0 saturated heterocycles. The van der Waals surface area contributed by atoms with E-state index in [0.29, 0.717) is 44.5 Å². The van der Waals surface area contributed by atoms with Gasteiger partial charge in [-0.1, -0.05) is 5.16 Å². The second kappa shape index (κ2) is 7.28. The number of fused-ring (bicyclic) bond motifs is 1. The Morgan fingerprint density at radius 2 is 2.15 bits per heavy atom. The van der Waals surface area contributed by atoms with Crippen LogP contribution in [0.5, 0.6) is 0 Å². The minimum Gasteiger partial charge on any atom is -0.480 e. The summed E-state index contributed by atoms with van der Waals surface area (Å²) in [5, 5.41) is 19.7. The Labute approximate surface area is 150 Å². The van der Waals surface area contributed by atoms with Crippen molar-refractivity contribution in [1.82, 2.24) is 20.0 Å². The molecule has 4 rings (SSSR count). The summed E-state index contributed by atoms with van der Waals surface area (Å²) in [5.74, 6) is 0.626. The fourth-order valence-corrected chi connectivity index (χ4v) is 3.12. The standard InChI is InChI=1S/C17H22N6O3/c24-15(25)10-23-6-3-13-14(4-7-23)20-17(19-11-1-2-11)21-16(13)18-9-12-5-8-26-22-12/h5,8,11H,1-4,6-7,9-10H2,(H,24,25)(H2,18,19,20,21). The fraction of sp³-hybridized carbons (Fsp3) is 0.529. The van der Waals surface area contributed by atoms with Crippen LogP contribution in [-0.4, -0.2) is 56.8 Å². The molecule has 26 heavy (non-hydrogen) atoms. The molecular weight excluding hydrogens is 336 g/mol. The van der Waals surface area contributed by atoms with E-state index >= 15 is 0 Å². The lowest BCUT2D eigenvalue weighted by Gasteiger charge is -2.16. The molecule has 9 nitrogen and oxygen atoms in total. The molecule has 2 aromatic rings. The van der Waals surface area contributed by atoms with Gasteiger partial charge in [-0.15, -0.1) is 0 Å². The van der Waals surface area contributed by atoms with E-state index in [1.807, 2.05) is 11.0 Å². The van der Waals surface area contributed by atoms with Gasteiger partial charge in [-0.05, 0) is 19.3 Å². The molecule has 2 aromatic heterocycles. The van der Waals surface area contributed by atoms with Crippen LogP contribution in [0, 0.1) is 0 Å². The molecule has 3 heterocycles. The van der Waals surface area contributed by atoms with Gasteiger partial charge < -0.3 is 20.3 Å². The van der Waals surface area contributed by atoms with Gasteiger partial charge in [-0.25, -0.2) is 4.98 Å². The summed E-state index contributed by atoms with van der Waals surface area (Å²) < 4.78 is 4.87. The van der Waals surface area contributed by atoms with Crippen molar-refractivity contribution >= 4 is 17.7 Å². The summed E-state index contributed by atoms with van der Waals surface area (Å²) in [7, 11) is 0. The number of nitrogens with zero attached hydrogens (tertiary/aromatic N) is 4. The van der Waals surface area contributed by atoms with Crippen LogP contribution in [0.25, 0.3) is 0 Å². The van der Waals surface area contributed by atoms with Gasteiger partial charge in [0, 0.05) is 37.2 Å². The number of carboxylic acid groups (broad SMARTS) is 1. The third-order valence-electron chi connectivity index (χ3n) is 4.63. The van der Waals surface area contributed by atoms with E-state index in [2.05, 4.69) is 20.8 Å². The molecule has 3 N–H and O–H groups in total. The molecule has 1 aliphatic carbocycles. The average Bonchev–Trinajstić information content (AvgIpc) is 3.31. The summed E-state index contributed by atoms with van der Waals surface area (Å²) in [6, 6.07) is 2.27. The maximum atomic E-state index is 11.0. The van der Waals surface area contributed by atoms with Crippen LogP contribution < -0.4 is 10.6 Å². The van der Waals surface area contributed by atoms with Gasteiger partial charge >= 0.3 is 5.97 Å². The molecule has 0 radical (unpaired) electrons. The van der Waals surface area contributed by atoms with E-state index < -0.39 is 5.97 Å². The number of hydrogen-bond donors (Lipinski definition) is 3. The summed E-state index contributed by atoms with van der Waals surface area (Å²) >= 11 is 0. The molecule has 1 fully saturated rings. The monoisotopic (exact) mass is 358 g/mol. The smallest absolute Gasteiger partial charge is 0.317 e.